The standard InChI is InChI=1S/C15H21ClN2O3/c1-21-14-6-5-12(16)7-11(14)8-17-15(20)18-13-4-2-3-10(13)9-19/h5-7,10,13,19H,2-4,8-9H2,1H3,(H2,17,18,20)/t10-,13+/m0/s1. The highest BCUT2D eigenvalue weighted by Gasteiger charge is 2.27. The maximum atomic E-state index is 11.9. The Balaban J connectivity index is 1.88. The van der Waals surface area contributed by atoms with Crippen LogP contribution >= 0.6 is 11.6 Å². The van der Waals surface area contributed by atoms with Gasteiger partial charge in [0.05, 0.1) is 7.11 Å². The minimum atomic E-state index is -0.234. The van der Waals surface area contributed by atoms with E-state index in [1.807, 2.05) is 0 Å². The summed E-state index contributed by atoms with van der Waals surface area (Å²) >= 11 is 5.95. The average molecular weight is 313 g/mol. The summed E-state index contributed by atoms with van der Waals surface area (Å²) in [5.74, 6) is 0.852. The van der Waals surface area contributed by atoms with Crippen molar-refractivity contribution in [2.24, 2.45) is 5.92 Å². The van der Waals surface area contributed by atoms with Gasteiger partial charge in [-0.1, -0.05) is 18.0 Å². The number of amides is 2. The zero-order valence-corrected chi connectivity index (χ0v) is 12.8. The lowest BCUT2D eigenvalue weighted by molar-refractivity contribution is 0.199. The Morgan fingerprint density at radius 1 is 1.48 bits per heavy atom. The minimum absolute atomic E-state index is 0.0521. The van der Waals surface area contributed by atoms with Crippen LogP contribution in [0.15, 0.2) is 18.2 Å². The summed E-state index contributed by atoms with van der Waals surface area (Å²) < 4.78 is 5.24. The Labute approximate surface area is 129 Å². The van der Waals surface area contributed by atoms with Gasteiger partial charge in [0.2, 0.25) is 0 Å². The van der Waals surface area contributed by atoms with Gasteiger partial charge in [0.1, 0.15) is 5.75 Å². The molecule has 1 aliphatic carbocycles. The van der Waals surface area contributed by atoms with E-state index in [0.717, 1.165) is 24.8 Å². The predicted molar refractivity (Wildman–Crippen MR) is 81.6 cm³/mol. The smallest absolute Gasteiger partial charge is 0.315 e. The molecule has 2 amide bonds. The van der Waals surface area contributed by atoms with Crippen LogP contribution in [0.5, 0.6) is 5.75 Å². The molecule has 2 atom stereocenters. The molecule has 116 valence electrons. The van der Waals surface area contributed by atoms with Crippen LogP contribution < -0.4 is 15.4 Å². The Morgan fingerprint density at radius 3 is 3.00 bits per heavy atom. The molecule has 5 nitrogen and oxygen atoms in total. The molecule has 3 N–H and O–H groups in total. The summed E-state index contributed by atoms with van der Waals surface area (Å²) in [4.78, 5) is 11.9. The average Bonchev–Trinajstić information content (AvgIpc) is 2.92. The number of benzene rings is 1. The maximum Gasteiger partial charge on any atom is 0.315 e. The van der Waals surface area contributed by atoms with Crippen LogP contribution in [0, 0.1) is 5.92 Å². The van der Waals surface area contributed by atoms with Crippen LogP contribution in [0.4, 0.5) is 4.79 Å². The Morgan fingerprint density at radius 2 is 2.29 bits per heavy atom. The number of ether oxygens (including phenoxy) is 1. The lowest BCUT2D eigenvalue weighted by atomic mass is 10.1. The highest BCUT2D eigenvalue weighted by atomic mass is 35.5. The Hall–Kier alpha value is -1.46. The van der Waals surface area contributed by atoms with E-state index >= 15 is 0 Å². The van der Waals surface area contributed by atoms with E-state index in [4.69, 9.17) is 16.3 Å². The van der Waals surface area contributed by atoms with E-state index < -0.39 is 0 Å². The van der Waals surface area contributed by atoms with Gasteiger partial charge in [0.25, 0.3) is 0 Å². The molecule has 0 radical (unpaired) electrons. The van der Waals surface area contributed by atoms with Crippen molar-refractivity contribution in [3.05, 3.63) is 28.8 Å². The van der Waals surface area contributed by atoms with Gasteiger partial charge in [0.15, 0.2) is 0 Å². The lowest BCUT2D eigenvalue weighted by Gasteiger charge is -2.19. The summed E-state index contributed by atoms with van der Waals surface area (Å²) in [5.41, 5.74) is 0.824. The Kier molecular flexibility index (Phi) is 5.70. The molecule has 2 rings (SSSR count). The summed E-state index contributed by atoms with van der Waals surface area (Å²) in [6, 6.07) is 5.11. The van der Waals surface area contributed by atoms with E-state index in [1.54, 1.807) is 25.3 Å². The van der Waals surface area contributed by atoms with Crippen LogP contribution in [-0.4, -0.2) is 30.9 Å². The van der Waals surface area contributed by atoms with Gasteiger partial charge in [-0.3, -0.25) is 0 Å². The molecule has 1 fully saturated rings. The second-order valence-corrected chi connectivity index (χ2v) is 5.70. The fourth-order valence-electron chi connectivity index (χ4n) is 2.73. The number of urea groups is 1. The molecule has 1 aromatic carbocycles. The fraction of sp³-hybridized carbons (Fsp3) is 0.533. The van der Waals surface area contributed by atoms with Gasteiger partial charge in [-0.05, 0) is 31.0 Å². The highest BCUT2D eigenvalue weighted by molar-refractivity contribution is 6.30. The first kappa shape index (κ1) is 15.9. The van der Waals surface area contributed by atoms with Gasteiger partial charge >= 0.3 is 6.03 Å². The van der Waals surface area contributed by atoms with Crippen LogP contribution in [0.3, 0.4) is 0 Å². The number of hydrogen-bond acceptors (Lipinski definition) is 3. The molecular formula is C15H21ClN2O3. The molecule has 0 saturated heterocycles. The van der Waals surface area contributed by atoms with Crippen molar-refractivity contribution in [1.82, 2.24) is 10.6 Å². The number of hydrogen-bond donors (Lipinski definition) is 3. The highest BCUT2D eigenvalue weighted by Crippen LogP contribution is 2.25. The van der Waals surface area contributed by atoms with Crippen molar-refractivity contribution in [1.29, 1.82) is 0 Å². The third kappa shape index (κ3) is 4.25. The molecule has 21 heavy (non-hydrogen) atoms. The fourth-order valence-corrected chi connectivity index (χ4v) is 2.92. The quantitative estimate of drug-likeness (QED) is 0.781. The van der Waals surface area contributed by atoms with Crippen LogP contribution in [0.1, 0.15) is 24.8 Å². The number of aliphatic hydroxyl groups is 1. The molecule has 1 aliphatic rings. The molecule has 0 aromatic heterocycles. The topological polar surface area (TPSA) is 70.6 Å². The van der Waals surface area contributed by atoms with Crippen molar-refractivity contribution < 1.29 is 14.6 Å². The van der Waals surface area contributed by atoms with Gasteiger partial charge < -0.3 is 20.5 Å². The second-order valence-electron chi connectivity index (χ2n) is 5.26. The largest absolute Gasteiger partial charge is 0.496 e. The first-order valence-electron chi connectivity index (χ1n) is 7.11. The number of aliphatic hydroxyl groups excluding tert-OH is 1. The normalized spacial score (nSPS) is 21.1. The molecule has 0 unspecified atom stereocenters. The van der Waals surface area contributed by atoms with Crippen LogP contribution in [0.25, 0.3) is 0 Å². The number of carbonyl (C=O) groups is 1. The summed E-state index contributed by atoms with van der Waals surface area (Å²) in [5, 5.41) is 15.6. The monoisotopic (exact) mass is 312 g/mol. The molecule has 6 heteroatoms. The van der Waals surface area contributed by atoms with Crippen molar-refractivity contribution >= 4 is 17.6 Å². The van der Waals surface area contributed by atoms with E-state index in [-0.39, 0.29) is 24.6 Å². The van der Waals surface area contributed by atoms with Crippen molar-refractivity contribution in [3.8, 4) is 5.75 Å². The van der Waals surface area contributed by atoms with Crippen molar-refractivity contribution in [3.63, 3.8) is 0 Å². The molecule has 0 spiro atoms. The molecule has 0 heterocycles. The first-order chi connectivity index (χ1) is 10.1. The third-order valence-corrected chi connectivity index (χ3v) is 4.13. The third-order valence-electron chi connectivity index (χ3n) is 3.89. The SMILES string of the molecule is COc1ccc(Cl)cc1CNC(=O)N[C@@H]1CCC[C@H]1CO. The predicted octanol–water partition coefficient (Wildman–Crippen LogP) is 2.31. The minimum Gasteiger partial charge on any atom is -0.496 e. The van der Waals surface area contributed by atoms with E-state index in [9.17, 15) is 9.90 Å². The van der Waals surface area contributed by atoms with Gasteiger partial charge in [-0.2, -0.15) is 0 Å². The van der Waals surface area contributed by atoms with E-state index in [0.29, 0.717) is 17.3 Å². The van der Waals surface area contributed by atoms with Gasteiger partial charge in [-0.25, -0.2) is 4.79 Å². The van der Waals surface area contributed by atoms with Crippen molar-refractivity contribution in [2.45, 2.75) is 31.8 Å². The van der Waals surface area contributed by atoms with Gasteiger partial charge in [-0.15, -0.1) is 0 Å². The molecule has 0 aliphatic heterocycles. The first-order valence-corrected chi connectivity index (χ1v) is 7.49. The summed E-state index contributed by atoms with van der Waals surface area (Å²) in [6.07, 6.45) is 2.92. The Bertz CT molecular complexity index is 496. The zero-order valence-electron chi connectivity index (χ0n) is 12.1. The summed E-state index contributed by atoms with van der Waals surface area (Å²) in [7, 11) is 1.58. The zero-order chi connectivity index (χ0) is 15.2. The summed E-state index contributed by atoms with van der Waals surface area (Å²) in [6.45, 7) is 0.457. The molecular weight excluding hydrogens is 292 g/mol. The molecule has 1 aromatic rings. The van der Waals surface area contributed by atoms with Crippen LogP contribution in [0.2, 0.25) is 5.02 Å². The van der Waals surface area contributed by atoms with E-state index in [2.05, 4.69) is 10.6 Å². The maximum absolute atomic E-state index is 11.9. The number of carbonyl (C=O) groups excluding carboxylic acids is 1. The number of halogens is 1. The van der Waals surface area contributed by atoms with Crippen molar-refractivity contribution in [2.75, 3.05) is 13.7 Å². The molecule has 1 saturated carbocycles. The second kappa shape index (κ2) is 7.52. The lowest BCUT2D eigenvalue weighted by Crippen LogP contribution is -2.44. The number of methoxy groups -OCH3 is 1. The number of rotatable bonds is 5. The molecule has 0 bridgehead atoms. The number of nitrogens with one attached hydrogen (secondary N) is 2. The van der Waals surface area contributed by atoms with E-state index in [1.165, 1.54) is 0 Å². The van der Waals surface area contributed by atoms with Crippen LogP contribution in [-0.2, 0) is 6.54 Å². The van der Waals surface area contributed by atoms with Gasteiger partial charge in [0, 0.05) is 35.7 Å².